The van der Waals surface area contributed by atoms with Crippen LogP contribution in [-0.4, -0.2) is 31.2 Å². The predicted octanol–water partition coefficient (Wildman–Crippen LogP) is 2.87. The molecule has 0 radical (unpaired) electrons. The summed E-state index contributed by atoms with van der Waals surface area (Å²) in [5.74, 6) is -0.238. The molecule has 1 atom stereocenters. The molecule has 5 nitrogen and oxygen atoms in total. The summed E-state index contributed by atoms with van der Waals surface area (Å²) < 4.78 is 0. The van der Waals surface area contributed by atoms with Crippen LogP contribution in [0.15, 0.2) is 53.4 Å². The third-order valence-electron chi connectivity index (χ3n) is 4.02. The fourth-order valence-electron chi connectivity index (χ4n) is 2.58. The van der Waals surface area contributed by atoms with Gasteiger partial charge in [0.05, 0.1) is 10.9 Å². The number of rotatable bonds is 5. The Morgan fingerprint density at radius 1 is 1.16 bits per heavy atom. The highest BCUT2D eigenvalue weighted by molar-refractivity contribution is 8.01. The minimum atomic E-state index is -0.397. The minimum Gasteiger partial charge on any atom is -0.378 e. The fraction of sp³-hybridized carbons (Fsp3) is 0.263. The quantitative estimate of drug-likeness (QED) is 0.866. The maximum Gasteiger partial charge on any atom is 0.238 e. The first-order valence-electron chi connectivity index (χ1n) is 8.12. The molecule has 6 heteroatoms. The lowest BCUT2D eigenvalue weighted by atomic mass is 10.2. The zero-order chi connectivity index (χ0) is 17.8. The lowest BCUT2D eigenvalue weighted by Gasteiger charge is -2.23. The highest BCUT2D eigenvalue weighted by atomic mass is 32.2. The summed E-state index contributed by atoms with van der Waals surface area (Å²) in [6.45, 7) is 0.460. The second-order valence-corrected chi connectivity index (χ2v) is 7.38. The highest BCUT2D eigenvalue weighted by Crippen LogP contribution is 2.36. The molecule has 3 rings (SSSR count). The first-order valence-corrected chi connectivity index (χ1v) is 9.00. The van der Waals surface area contributed by atoms with Gasteiger partial charge in [-0.1, -0.05) is 24.3 Å². The van der Waals surface area contributed by atoms with Crippen molar-refractivity contribution in [2.24, 2.45) is 0 Å². The number of amides is 2. The van der Waals surface area contributed by atoms with Gasteiger partial charge in [-0.05, 0) is 29.8 Å². The number of hydrogen-bond acceptors (Lipinski definition) is 4. The van der Waals surface area contributed by atoms with E-state index in [1.54, 1.807) is 0 Å². The summed E-state index contributed by atoms with van der Waals surface area (Å²) in [5, 5.41) is 5.36. The van der Waals surface area contributed by atoms with Gasteiger partial charge in [0, 0.05) is 37.6 Å². The van der Waals surface area contributed by atoms with Gasteiger partial charge in [-0.3, -0.25) is 9.59 Å². The monoisotopic (exact) mass is 355 g/mol. The van der Waals surface area contributed by atoms with E-state index in [1.165, 1.54) is 11.8 Å². The van der Waals surface area contributed by atoms with Crippen molar-refractivity contribution in [3.05, 3.63) is 54.1 Å². The van der Waals surface area contributed by atoms with Gasteiger partial charge >= 0.3 is 0 Å². The molecule has 130 valence electrons. The van der Waals surface area contributed by atoms with Crippen molar-refractivity contribution in [1.82, 2.24) is 5.32 Å². The van der Waals surface area contributed by atoms with E-state index < -0.39 is 5.25 Å². The van der Waals surface area contributed by atoms with Crippen LogP contribution < -0.4 is 15.5 Å². The van der Waals surface area contributed by atoms with Crippen LogP contribution in [0, 0.1) is 0 Å². The van der Waals surface area contributed by atoms with E-state index in [2.05, 4.69) is 10.6 Å². The molecule has 2 aromatic rings. The van der Waals surface area contributed by atoms with Crippen molar-refractivity contribution in [1.29, 1.82) is 0 Å². The smallest absolute Gasteiger partial charge is 0.238 e. The zero-order valence-corrected chi connectivity index (χ0v) is 15.1. The van der Waals surface area contributed by atoms with Crippen LogP contribution in [0.4, 0.5) is 11.4 Å². The predicted molar refractivity (Wildman–Crippen MR) is 102 cm³/mol. The number of carbonyl (C=O) groups excluding carboxylic acids is 2. The minimum absolute atomic E-state index is 0.116. The molecule has 1 aliphatic rings. The summed E-state index contributed by atoms with van der Waals surface area (Å²) in [6, 6.07) is 15.7. The van der Waals surface area contributed by atoms with Crippen LogP contribution in [0.3, 0.4) is 0 Å². The van der Waals surface area contributed by atoms with E-state index in [0.29, 0.717) is 6.54 Å². The molecule has 0 saturated carbocycles. The van der Waals surface area contributed by atoms with Gasteiger partial charge in [-0.2, -0.15) is 0 Å². The molecule has 1 heterocycles. The standard InChI is InChI=1S/C19H21N3O2S/c1-22(2)14-9-7-13(8-10-14)12-20-18(23)11-17-19(24)21-15-5-3-4-6-16(15)25-17/h3-10,17H,11-12H2,1-2H3,(H,20,23)(H,21,24). The van der Waals surface area contributed by atoms with Crippen molar-refractivity contribution in [2.75, 3.05) is 24.3 Å². The molecule has 0 bridgehead atoms. The normalized spacial score (nSPS) is 15.9. The molecule has 0 spiro atoms. The van der Waals surface area contributed by atoms with Crippen molar-refractivity contribution in [3.63, 3.8) is 0 Å². The maximum atomic E-state index is 12.2. The zero-order valence-electron chi connectivity index (χ0n) is 14.3. The molecule has 2 aromatic carbocycles. The van der Waals surface area contributed by atoms with Crippen LogP contribution in [-0.2, 0) is 16.1 Å². The molecular weight excluding hydrogens is 334 g/mol. The lowest BCUT2D eigenvalue weighted by molar-refractivity contribution is -0.124. The van der Waals surface area contributed by atoms with Crippen molar-refractivity contribution in [2.45, 2.75) is 23.1 Å². The van der Waals surface area contributed by atoms with E-state index in [4.69, 9.17) is 0 Å². The van der Waals surface area contributed by atoms with Gasteiger partial charge in [0.25, 0.3) is 0 Å². The van der Waals surface area contributed by atoms with E-state index in [0.717, 1.165) is 21.8 Å². The topological polar surface area (TPSA) is 61.4 Å². The van der Waals surface area contributed by atoms with Crippen LogP contribution in [0.1, 0.15) is 12.0 Å². The number of anilines is 2. The first-order chi connectivity index (χ1) is 12.0. The number of hydrogen-bond donors (Lipinski definition) is 2. The number of nitrogens with zero attached hydrogens (tertiary/aromatic N) is 1. The Bertz CT molecular complexity index is 774. The van der Waals surface area contributed by atoms with E-state index in [-0.39, 0.29) is 18.2 Å². The average Bonchev–Trinajstić information content (AvgIpc) is 2.61. The Morgan fingerprint density at radius 3 is 2.60 bits per heavy atom. The summed E-state index contributed by atoms with van der Waals surface area (Å²) in [6.07, 6.45) is 0.167. The molecule has 0 aromatic heterocycles. The Morgan fingerprint density at radius 2 is 1.88 bits per heavy atom. The van der Waals surface area contributed by atoms with Crippen LogP contribution in [0.2, 0.25) is 0 Å². The second kappa shape index (κ2) is 7.61. The van der Waals surface area contributed by atoms with Gasteiger partial charge in [0.1, 0.15) is 0 Å². The van der Waals surface area contributed by atoms with Gasteiger partial charge in [0.15, 0.2) is 0 Å². The van der Waals surface area contributed by atoms with E-state index >= 15 is 0 Å². The number of thioether (sulfide) groups is 1. The molecule has 0 aliphatic carbocycles. The first kappa shape index (κ1) is 17.4. The molecule has 0 saturated heterocycles. The summed E-state index contributed by atoms with van der Waals surface area (Å²) in [7, 11) is 3.98. The van der Waals surface area contributed by atoms with Crippen molar-refractivity contribution < 1.29 is 9.59 Å². The van der Waals surface area contributed by atoms with E-state index in [1.807, 2.05) is 67.5 Å². The van der Waals surface area contributed by atoms with E-state index in [9.17, 15) is 9.59 Å². The van der Waals surface area contributed by atoms with Crippen LogP contribution >= 0.6 is 11.8 Å². The van der Waals surface area contributed by atoms with Crippen LogP contribution in [0.25, 0.3) is 0 Å². The van der Waals surface area contributed by atoms with Crippen LogP contribution in [0.5, 0.6) is 0 Å². The fourth-order valence-corrected chi connectivity index (χ4v) is 3.69. The number of fused-ring (bicyclic) bond motifs is 1. The third-order valence-corrected chi connectivity index (χ3v) is 5.29. The molecule has 25 heavy (non-hydrogen) atoms. The Kier molecular flexibility index (Phi) is 5.28. The summed E-state index contributed by atoms with van der Waals surface area (Å²) >= 11 is 1.44. The summed E-state index contributed by atoms with van der Waals surface area (Å²) in [5.41, 5.74) is 2.96. The Balaban J connectivity index is 1.53. The molecule has 1 unspecified atom stereocenters. The van der Waals surface area contributed by atoms with Crippen molar-refractivity contribution >= 4 is 35.0 Å². The van der Waals surface area contributed by atoms with Gasteiger partial charge < -0.3 is 15.5 Å². The van der Waals surface area contributed by atoms with Gasteiger partial charge in [-0.15, -0.1) is 11.8 Å². The largest absolute Gasteiger partial charge is 0.378 e. The molecule has 2 N–H and O–H groups in total. The molecule has 0 fully saturated rings. The van der Waals surface area contributed by atoms with Gasteiger partial charge in [-0.25, -0.2) is 0 Å². The highest BCUT2D eigenvalue weighted by Gasteiger charge is 2.28. The SMILES string of the molecule is CN(C)c1ccc(CNC(=O)CC2Sc3ccccc3NC2=O)cc1. The molecule has 2 amide bonds. The number of nitrogens with one attached hydrogen (secondary N) is 2. The van der Waals surface area contributed by atoms with Gasteiger partial charge in [0.2, 0.25) is 11.8 Å². The number of para-hydroxylation sites is 1. The Labute approximate surface area is 151 Å². The van der Waals surface area contributed by atoms with Crippen molar-refractivity contribution in [3.8, 4) is 0 Å². The maximum absolute atomic E-state index is 12.2. The summed E-state index contributed by atoms with van der Waals surface area (Å²) in [4.78, 5) is 27.4. The second-order valence-electron chi connectivity index (χ2n) is 6.13. The Hall–Kier alpha value is -2.47. The number of benzene rings is 2. The lowest BCUT2D eigenvalue weighted by Crippen LogP contribution is -2.34. The number of carbonyl (C=O) groups is 2. The molecular formula is C19H21N3O2S. The average molecular weight is 355 g/mol. The third kappa shape index (κ3) is 4.33. The molecule has 1 aliphatic heterocycles.